The summed E-state index contributed by atoms with van der Waals surface area (Å²) in [6.45, 7) is 2.20. The van der Waals surface area contributed by atoms with Crippen LogP contribution >= 0.6 is 0 Å². The van der Waals surface area contributed by atoms with Crippen LogP contribution in [0.15, 0.2) is 71.3 Å². The molecule has 0 amide bonds. The maximum absolute atomic E-state index is 9.19. The Balaban J connectivity index is 1.71. The zero-order valence-corrected chi connectivity index (χ0v) is 18.2. The number of benzene rings is 3. The minimum Gasteiger partial charge on any atom is -0.455 e. The molecule has 2 heterocycles. The van der Waals surface area contributed by atoms with Crippen LogP contribution in [0, 0.1) is 6.92 Å². The van der Waals surface area contributed by atoms with Crippen molar-refractivity contribution in [3.8, 4) is 11.3 Å². The Kier molecular flexibility index (Phi) is 4.09. The number of para-hydroxylation sites is 1. The Morgan fingerprint density at radius 2 is 1.61 bits per heavy atom. The molecule has 0 aliphatic heterocycles. The van der Waals surface area contributed by atoms with Crippen LogP contribution in [0.3, 0.4) is 0 Å². The summed E-state index contributed by atoms with van der Waals surface area (Å²) in [5, 5.41) is 4.82. The van der Waals surface area contributed by atoms with Gasteiger partial charge in [0.25, 0.3) is 0 Å². The van der Waals surface area contributed by atoms with Crippen LogP contribution in [0.2, 0.25) is 0 Å². The lowest BCUT2D eigenvalue weighted by Crippen LogP contribution is -2.31. The number of hydrogen-bond donors (Lipinski definition) is 0. The van der Waals surface area contributed by atoms with Crippen molar-refractivity contribution in [3.63, 3.8) is 0 Å². The predicted molar refractivity (Wildman–Crippen MR) is 128 cm³/mol. The second kappa shape index (κ2) is 7.23. The summed E-state index contributed by atoms with van der Waals surface area (Å²) in [6, 6.07) is 21.4. The summed E-state index contributed by atoms with van der Waals surface area (Å²) < 4.78 is 17.9. The van der Waals surface area contributed by atoms with Gasteiger partial charge in [-0.25, -0.2) is 4.57 Å². The lowest BCUT2D eigenvalue weighted by Gasteiger charge is -2.22. The highest BCUT2D eigenvalue weighted by Gasteiger charge is 2.25. The van der Waals surface area contributed by atoms with Crippen LogP contribution in [0.5, 0.6) is 0 Å². The predicted octanol–water partition coefficient (Wildman–Crippen LogP) is 7.59. The van der Waals surface area contributed by atoms with Gasteiger partial charge in [-0.15, -0.1) is 0 Å². The molecule has 2 nitrogen and oxygen atoms in total. The van der Waals surface area contributed by atoms with E-state index >= 15 is 0 Å². The Hall–Kier alpha value is -3.13. The molecule has 1 saturated carbocycles. The van der Waals surface area contributed by atoms with E-state index in [2.05, 4.69) is 79.3 Å². The van der Waals surface area contributed by atoms with Gasteiger partial charge in [0.2, 0.25) is 5.69 Å². The van der Waals surface area contributed by atoms with Gasteiger partial charge in [-0.05, 0) is 53.6 Å². The van der Waals surface area contributed by atoms with E-state index in [-0.39, 0.29) is 0 Å². The van der Waals surface area contributed by atoms with Crippen molar-refractivity contribution in [1.29, 1.82) is 0 Å². The molecular weight excluding hydrogens is 378 g/mol. The fourth-order valence-corrected chi connectivity index (χ4v) is 5.44. The quantitative estimate of drug-likeness (QED) is 0.276. The van der Waals surface area contributed by atoms with Crippen LogP contribution in [0.25, 0.3) is 44.0 Å². The minimum atomic E-state index is -0.487. The fraction of sp³-hybridized carbons (Fsp3) is 0.276. The highest BCUT2D eigenvalue weighted by atomic mass is 16.3. The zero-order valence-electron chi connectivity index (χ0n) is 19.2. The molecule has 6 rings (SSSR count). The van der Waals surface area contributed by atoms with E-state index in [1.807, 2.05) is 6.07 Å². The largest absolute Gasteiger partial charge is 0.455 e. The molecule has 1 fully saturated rings. The summed E-state index contributed by atoms with van der Waals surface area (Å²) in [4.78, 5) is 0. The topological polar surface area (TPSA) is 17.0 Å². The van der Waals surface area contributed by atoms with Crippen LogP contribution in [-0.4, -0.2) is 0 Å². The number of rotatable bonds is 2. The molecule has 3 aromatic carbocycles. The monoisotopic (exact) mass is 407 g/mol. The third-order valence-electron chi connectivity index (χ3n) is 7.07. The smallest absolute Gasteiger partial charge is 0.216 e. The SMILES string of the molecule is [2H]C1(c2cc[n+](C)c(-c3c(C)c4ccccc4c4c3oc3ccccc34)c2)CCCCC1. The minimum absolute atomic E-state index is 0.487. The first kappa shape index (κ1) is 17.5. The van der Waals surface area contributed by atoms with Crippen LogP contribution in [0.4, 0.5) is 0 Å². The molecule has 0 unspecified atom stereocenters. The molecule has 0 bridgehead atoms. The number of aryl methyl sites for hydroxylation is 2. The lowest BCUT2D eigenvalue weighted by molar-refractivity contribution is -0.660. The molecular formula is C29H28NO+. The van der Waals surface area contributed by atoms with Crippen LogP contribution < -0.4 is 4.57 Å². The molecule has 0 radical (unpaired) electrons. The molecule has 0 spiro atoms. The van der Waals surface area contributed by atoms with Gasteiger partial charge in [-0.1, -0.05) is 61.7 Å². The van der Waals surface area contributed by atoms with Gasteiger partial charge >= 0.3 is 0 Å². The first-order valence-corrected chi connectivity index (χ1v) is 11.4. The van der Waals surface area contributed by atoms with Crippen molar-refractivity contribution < 1.29 is 10.4 Å². The van der Waals surface area contributed by atoms with Crippen molar-refractivity contribution in [3.05, 3.63) is 78.0 Å². The number of nitrogens with zero attached hydrogens (tertiary/aromatic N) is 1. The maximum atomic E-state index is 9.19. The molecule has 0 saturated heterocycles. The first-order valence-electron chi connectivity index (χ1n) is 11.9. The standard InChI is InChI=1S/C29H28NO/c1-19-22-12-6-7-13-23(22)28-24-14-8-9-15-26(24)31-29(28)27(19)25-18-21(16-17-30(25)2)20-10-4-3-5-11-20/h6-9,12-18,20H,3-5,10-11H2,1-2H3/q+1/i20D. The zero-order chi connectivity index (χ0) is 21.9. The third kappa shape index (κ3) is 2.89. The van der Waals surface area contributed by atoms with Gasteiger partial charge in [0.1, 0.15) is 18.2 Å². The molecule has 0 N–H and O–H groups in total. The highest BCUT2D eigenvalue weighted by molar-refractivity contribution is 6.23. The van der Waals surface area contributed by atoms with Gasteiger partial charge in [-0.3, -0.25) is 0 Å². The molecule has 1 aliphatic carbocycles. The average Bonchev–Trinajstić information content (AvgIpc) is 3.20. The van der Waals surface area contributed by atoms with Gasteiger partial charge in [0, 0.05) is 24.3 Å². The van der Waals surface area contributed by atoms with Gasteiger partial charge < -0.3 is 4.42 Å². The second-order valence-corrected chi connectivity index (χ2v) is 8.92. The fourth-order valence-electron chi connectivity index (χ4n) is 5.44. The summed E-state index contributed by atoms with van der Waals surface area (Å²) in [7, 11) is 2.10. The maximum Gasteiger partial charge on any atom is 0.216 e. The van der Waals surface area contributed by atoms with Crippen molar-refractivity contribution in [2.75, 3.05) is 0 Å². The average molecular weight is 408 g/mol. The second-order valence-electron chi connectivity index (χ2n) is 8.92. The van der Waals surface area contributed by atoms with E-state index in [9.17, 15) is 1.37 Å². The summed E-state index contributed by atoms with van der Waals surface area (Å²) in [6.07, 6.45) is 7.54. The highest BCUT2D eigenvalue weighted by Crippen LogP contribution is 2.43. The van der Waals surface area contributed by atoms with E-state index in [1.54, 1.807) is 0 Å². The van der Waals surface area contributed by atoms with E-state index in [4.69, 9.17) is 4.42 Å². The van der Waals surface area contributed by atoms with Gasteiger partial charge in [0.05, 0.1) is 5.56 Å². The Labute approximate surface area is 184 Å². The van der Waals surface area contributed by atoms with Gasteiger partial charge in [-0.2, -0.15) is 0 Å². The number of aromatic nitrogens is 1. The lowest BCUT2D eigenvalue weighted by atomic mass is 9.83. The number of furan rings is 1. The normalized spacial score (nSPS) is 16.8. The van der Waals surface area contributed by atoms with Crippen molar-refractivity contribution in [2.45, 2.75) is 44.9 Å². The molecule has 2 aromatic heterocycles. The summed E-state index contributed by atoms with van der Waals surface area (Å²) in [5.74, 6) is -0.487. The van der Waals surface area contributed by atoms with Crippen molar-refractivity contribution in [2.24, 2.45) is 7.05 Å². The molecule has 154 valence electrons. The molecule has 5 aromatic rings. The van der Waals surface area contributed by atoms with E-state index in [0.717, 1.165) is 59.1 Å². The van der Waals surface area contributed by atoms with Crippen LogP contribution in [0.1, 0.15) is 50.5 Å². The Morgan fingerprint density at radius 1 is 0.903 bits per heavy atom. The molecule has 0 atom stereocenters. The summed E-state index contributed by atoms with van der Waals surface area (Å²) in [5.41, 5.74) is 6.47. The Bertz CT molecular complexity index is 1490. The van der Waals surface area contributed by atoms with Crippen molar-refractivity contribution in [1.82, 2.24) is 0 Å². The molecule has 31 heavy (non-hydrogen) atoms. The summed E-state index contributed by atoms with van der Waals surface area (Å²) >= 11 is 0. The number of pyridine rings is 1. The van der Waals surface area contributed by atoms with E-state index < -0.39 is 5.89 Å². The van der Waals surface area contributed by atoms with Crippen LogP contribution in [-0.2, 0) is 7.05 Å². The van der Waals surface area contributed by atoms with Gasteiger partial charge in [0.15, 0.2) is 6.20 Å². The van der Waals surface area contributed by atoms with Crippen molar-refractivity contribution >= 4 is 32.7 Å². The molecule has 2 heteroatoms. The third-order valence-corrected chi connectivity index (χ3v) is 7.07. The Morgan fingerprint density at radius 3 is 2.42 bits per heavy atom. The first-order chi connectivity index (χ1) is 15.6. The van der Waals surface area contributed by atoms with E-state index in [0.29, 0.717) is 0 Å². The number of fused-ring (bicyclic) bond motifs is 5. The molecule has 1 aliphatic rings. The number of hydrogen-bond acceptors (Lipinski definition) is 1. The van der Waals surface area contributed by atoms with E-state index in [1.165, 1.54) is 28.1 Å².